The Morgan fingerprint density at radius 3 is 2.35 bits per heavy atom. The maximum atomic E-state index is 12.2. The van der Waals surface area contributed by atoms with Crippen molar-refractivity contribution in [3.8, 4) is 11.5 Å². The number of carbonyl (C=O) groups excluding carboxylic acids is 2. The van der Waals surface area contributed by atoms with E-state index in [9.17, 15) is 9.59 Å². The molecule has 0 spiro atoms. The Morgan fingerprint density at radius 1 is 1.04 bits per heavy atom. The lowest BCUT2D eigenvalue weighted by molar-refractivity contribution is -0.116. The number of anilines is 1. The molecule has 2 aromatic carbocycles. The van der Waals surface area contributed by atoms with Crippen LogP contribution in [0.5, 0.6) is 11.5 Å². The smallest absolute Gasteiger partial charge is 0.224 e. The fourth-order valence-corrected chi connectivity index (χ4v) is 2.63. The van der Waals surface area contributed by atoms with Gasteiger partial charge in [-0.3, -0.25) is 9.59 Å². The van der Waals surface area contributed by atoms with E-state index in [2.05, 4.69) is 5.32 Å². The highest BCUT2D eigenvalue weighted by Crippen LogP contribution is 2.31. The minimum Gasteiger partial charge on any atom is -0.497 e. The van der Waals surface area contributed by atoms with E-state index >= 15 is 0 Å². The molecule has 2 aromatic rings. The number of ketones is 1. The monoisotopic (exact) mass is 375 g/mol. The number of rotatable bonds is 8. The van der Waals surface area contributed by atoms with Gasteiger partial charge in [-0.05, 0) is 49.2 Å². The predicted molar refractivity (Wildman–Crippen MR) is 103 cm³/mol. The third-order valence-electron chi connectivity index (χ3n) is 3.97. The van der Waals surface area contributed by atoms with Crippen LogP contribution in [0.1, 0.15) is 35.2 Å². The molecule has 0 aliphatic rings. The summed E-state index contributed by atoms with van der Waals surface area (Å²) in [6.45, 7) is 1.85. The fourth-order valence-electron chi connectivity index (χ4n) is 2.47. The van der Waals surface area contributed by atoms with Gasteiger partial charge < -0.3 is 14.8 Å². The minimum atomic E-state index is -0.174. The third-order valence-corrected chi connectivity index (χ3v) is 4.38. The molecule has 1 N–H and O–H groups in total. The molecule has 0 saturated heterocycles. The molecule has 0 radical (unpaired) electrons. The van der Waals surface area contributed by atoms with Crippen LogP contribution in [-0.4, -0.2) is 25.9 Å². The number of halogens is 1. The largest absolute Gasteiger partial charge is 0.497 e. The van der Waals surface area contributed by atoms with E-state index in [1.54, 1.807) is 43.5 Å². The maximum absolute atomic E-state index is 12.2. The first-order valence-electron chi connectivity index (χ1n) is 8.26. The summed E-state index contributed by atoms with van der Waals surface area (Å²) in [6.07, 6.45) is 1.01. The maximum Gasteiger partial charge on any atom is 0.224 e. The lowest BCUT2D eigenvalue weighted by Gasteiger charge is -2.12. The quantitative estimate of drug-likeness (QED) is 0.681. The zero-order valence-corrected chi connectivity index (χ0v) is 15.9. The van der Waals surface area contributed by atoms with Crippen molar-refractivity contribution in [2.24, 2.45) is 0 Å². The molecule has 0 heterocycles. The van der Waals surface area contributed by atoms with Crippen molar-refractivity contribution in [2.75, 3.05) is 19.5 Å². The van der Waals surface area contributed by atoms with E-state index in [0.29, 0.717) is 40.6 Å². The predicted octanol–water partition coefficient (Wildman–Crippen LogP) is 4.66. The van der Waals surface area contributed by atoms with E-state index in [-0.39, 0.29) is 18.1 Å². The molecule has 0 atom stereocenters. The fraction of sp³-hybridized carbons (Fsp3) is 0.300. The van der Waals surface area contributed by atoms with E-state index < -0.39 is 0 Å². The van der Waals surface area contributed by atoms with Gasteiger partial charge in [0.05, 0.1) is 19.9 Å². The van der Waals surface area contributed by atoms with Crippen molar-refractivity contribution in [1.29, 1.82) is 0 Å². The van der Waals surface area contributed by atoms with Crippen molar-refractivity contribution in [2.45, 2.75) is 26.2 Å². The molecule has 6 heteroatoms. The molecular weight excluding hydrogens is 354 g/mol. The number of carbonyl (C=O) groups is 2. The van der Waals surface area contributed by atoms with E-state index in [1.807, 2.05) is 6.92 Å². The summed E-state index contributed by atoms with van der Waals surface area (Å²) in [5.74, 6) is 1.03. The first kappa shape index (κ1) is 19.8. The van der Waals surface area contributed by atoms with Crippen LogP contribution in [0, 0.1) is 6.92 Å². The third kappa shape index (κ3) is 5.23. The Hall–Kier alpha value is -2.53. The SMILES string of the molecule is COc1ccc(C(=O)CCCC(=O)Nc2cc(C)c(Cl)cc2OC)cc1. The summed E-state index contributed by atoms with van der Waals surface area (Å²) in [5.41, 5.74) is 2.03. The summed E-state index contributed by atoms with van der Waals surface area (Å²) in [5, 5.41) is 3.38. The number of benzene rings is 2. The summed E-state index contributed by atoms with van der Waals surface area (Å²) in [7, 11) is 3.09. The van der Waals surface area contributed by atoms with Gasteiger partial charge in [-0.25, -0.2) is 0 Å². The number of nitrogens with one attached hydrogen (secondary N) is 1. The van der Waals surface area contributed by atoms with Crippen LogP contribution in [-0.2, 0) is 4.79 Å². The average molecular weight is 376 g/mol. The molecule has 0 aliphatic carbocycles. The number of ether oxygens (including phenoxy) is 2. The highest BCUT2D eigenvalue weighted by atomic mass is 35.5. The van der Waals surface area contributed by atoms with E-state index in [0.717, 1.165) is 5.56 Å². The van der Waals surface area contributed by atoms with Crippen molar-refractivity contribution in [1.82, 2.24) is 0 Å². The number of amides is 1. The summed E-state index contributed by atoms with van der Waals surface area (Å²) in [6, 6.07) is 10.4. The van der Waals surface area contributed by atoms with Crippen LogP contribution in [0.2, 0.25) is 5.02 Å². The minimum absolute atomic E-state index is 0.000344. The molecule has 0 saturated carbocycles. The number of hydrogen-bond acceptors (Lipinski definition) is 4. The van der Waals surface area contributed by atoms with Gasteiger partial charge in [0.2, 0.25) is 5.91 Å². The van der Waals surface area contributed by atoms with Gasteiger partial charge in [0.1, 0.15) is 11.5 Å². The zero-order chi connectivity index (χ0) is 19.1. The van der Waals surface area contributed by atoms with Gasteiger partial charge in [-0.15, -0.1) is 0 Å². The van der Waals surface area contributed by atoms with Crippen LogP contribution < -0.4 is 14.8 Å². The molecule has 5 nitrogen and oxygen atoms in total. The zero-order valence-electron chi connectivity index (χ0n) is 15.1. The van der Waals surface area contributed by atoms with Gasteiger partial charge in [0.15, 0.2) is 5.78 Å². The first-order chi connectivity index (χ1) is 12.4. The molecule has 0 bridgehead atoms. The van der Waals surface area contributed by atoms with Crippen molar-refractivity contribution in [3.63, 3.8) is 0 Å². The van der Waals surface area contributed by atoms with E-state index in [4.69, 9.17) is 21.1 Å². The number of hydrogen-bond donors (Lipinski definition) is 1. The van der Waals surface area contributed by atoms with Gasteiger partial charge in [-0.2, -0.15) is 0 Å². The molecule has 0 aromatic heterocycles. The summed E-state index contributed by atoms with van der Waals surface area (Å²) < 4.78 is 10.3. The Labute approximate surface area is 158 Å². The number of methoxy groups -OCH3 is 2. The molecular formula is C20H22ClNO4. The highest BCUT2D eigenvalue weighted by Gasteiger charge is 2.12. The number of aryl methyl sites for hydroxylation is 1. The molecule has 2 rings (SSSR count). The van der Waals surface area contributed by atoms with Crippen LogP contribution in [0.3, 0.4) is 0 Å². The topological polar surface area (TPSA) is 64.6 Å². The lowest BCUT2D eigenvalue weighted by Crippen LogP contribution is -2.13. The Morgan fingerprint density at radius 2 is 1.73 bits per heavy atom. The Bertz CT molecular complexity index is 787. The Kier molecular flexibility index (Phi) is 7.04. The molecule has 0 fully saturated rings. The van der Waals surface area contributed by atoms with Crippen molar-refractivity contribution >= 4 is 29.0 Å². The van der Waals surface area contributed by atoms with Crippen LogP contribution in [0.25, 0.3) is 0 Å². The molecule has 1 amide bonds. The summed E-state index contributed by atoms with van der Waals surface area (Å²) in [4.78, 5) is 24.3. The normalized spacial score (nSPS) is 10.3. The lowest BCUT2D eigenvalue weighted by atomic mass is 10.1. The van der Waals surface area contributed by atoms with Crippen molar-refractivity contribution in [3.05, 3.63) is 52.5 Å². The molecule has 0 unspecified atom stereocenters. The van der Waals surface area contributed by atoms with Gasteiger partial charge in [-0.1, -0.05) is 11.6 Å². The molecule has 26 heavy (non-hydrogen) atoms. The molecule has 0 aliphatic heterocycles. The second-order valence-corrected chi connectivity index (χ2v) is 6.26. The van der Waals surface area contributed by atoms with E-state index in [1.165, 1.54) is 7.11 Å². The average Bonchev–Trinajstić information content (AvgIpc) is 2.64. The highest BCUT2D eigenvalue weighted by molar-refractivity contribution is 6.31. The second-order valence-electron chi connectivity index (χ2n) is 5.86. The Balaban J connectivity index is 1.87. The van der Waals surface area contributed by atoms with Crippen LogP contribution in [0.15, 0.2) is 36.4 Å². The first-order valence-corrected chi connectivity index (χ1v) is 8.63. The van der Waals surface area contributed by atoms with Crippen LogP contribution in [0.4, 0.5) is 5.69 Å². The molecule has 138 valence electrons. The standard InChI is InChI=1S/C20H22ClNO4/c1-13-11-17(19(26-3)12-16(13)21)22-20(24)6-4-5-18(23)14-7-9-15(25-2)10-8-14/h7-12H,4-6H2,1-3H3,(H,22,24). The summed E-state index contributed by atoms with van der Waals surface area (Å²) >= 11 is 6.06. The van der Waals surface area contributed by atoms with Gasteiger partial charge in [0.25, 0.3) is 0 Å². The van der Waals surface area contributed by atoms with Crippen molar-refractivity contribution < 1.29 is 19.1 Å². The van der Waals surface area contributed by atoms with Crippen LogP contribution >= 0.6 is 11.6 Å². The van der Waals surface area contributed by atoms with Gasteiger partial charge in [0, 0.05) is 29.5 Å². The second kappa shape index (κ2) is 9.25. The number of Topliss-reactive ketones (excluding diaryl/α,β-unsaturated/α-hetero) is 1. The van der Waals surface area contributed by atoms with Gasteiger partial charge >= 0.3 is 0 Å².